The van der Waals surface area contributed by atoms with E-state index in [2.05, 4.69) is 10.6 Å². The Morgan fingerprint density at radius 1 is 1.36 bits per heavy atom. The Hall–Kier alpha value is -0.150. The molecule has 1 rings (SSSR count). The fourth-order valence-electron chi connectivity index (χ4n) is 1.95. The largest absolute Gasteiger partial charge is 0.312 e. The van der Waals surface area contributed by atoms with Crippen LogP contribution in [0.3, 0.4) is 0 Å². The molecule has 1 aliphatic heterocycles. The highest BCUT2D eigenvalue weighted by Crippen LogP contribution is 2.21. The normalized spacial score (nSPS) is 27.0. The lowest BCUT2D eigenvalue weighted by atomic mass is 9.91. The number of halogens is 1. The Morgan fingerprint density at radius 3 is 2.71 bits per heavy atom. The van der Waals surface area contributed by atoms with E-state index in [0.29, 0.717) is 0 Å². The van der Waals surface area contributed by atoms with Gasteiger partial charge < -0.3 is 10.6 Å². The van der Waals surface area contributed by atoms with E-state index in [4.69, 9.17) is 0 Å². The molecule has 1 heterocycles. The van der Waals surface area contributed by atoms with E-state index >= 15 is 0 Å². The lowest BCUT2D eigenvalue weighted by Gasteiger charge is -2.34. The molecule has 0 saturated carbocycles. The molecule has 1 aliphatic rings. The third-order valence-electron chi connectivity index (χ3n) is 3.29. The van der Waals surface area contributed by atoms with Crippen molar-refractivity contribution in [1.82, 2.24) is 10.6 Å². The van der Waals surface area contributed by atoms with Crippen LogP contribution in [0.2, 0.25) is 0 Å². The molecule has 2 N–H and O–H groups in total. The van der Waals surface area contributed by atoms with Crippen LogP contribution in [0.15, 0.2) is 0 Å². The maximum absolute atomic E-state index is 14.1. The predicted octanol–water partition coefficient (Wildman–Crippen LogP) is 1.85. The van der Waals surface area contributed by atoms with E-state index in [1.54, 1.807) is 0 Å². The molecule has 14 heavy (non-hydrogen) atoms. The van der Waals surface area contributed by atoms with Gasteiger partial charge in [0.05, 0.1) is 0 Å². The van der Waals surface area contributed by atoms with Gasteiger partial charge in [-0.3, -0.25) is 0 Å². The summed E-state index contributed by atoms with van der Waals surface area (Å²) in [5, 5.41) is 6.35. The Balaban J connectivity index is 2.53. The average molecular weight is 202 g/mol. The van der Waals surface area contributed by atoms with Crippen molar-refractivity contribution in [3.63, 3.8) is 0 Å². The minimum Gasteiger partial charge on any atom is -0.312 e. The van der Waals surface area contributed by atoms with E-state index in [-0.39, 0.29) is 6.04 Å². The molecule has 2 nitrogen and oxygen atoms in total. The molecule has 0 aromatic carbocycles. The lowest BCUT2D eigenvalue weighted by Crippen LogP contribution is -2.54. The average Bonchev–Trinajstić information content (AvgIpc) is 2.44. The van der Waals surface area contributed by atoms with Gasteiger partial charge >= 0.3 is 0 Å². The van der Waals surface area contributed by atoms with Crippen molar-refractivity contribution < 1.29 is 4.39 Å². The molecule has 0 aromatic rings. The molecular weight excluding hydrogens is 179 g/mol. The first-order chi connectivity index (χ1) is 6.58. The summed E-state index contributed by atoms with van der Waals surface area (Å²) in [5.41, 5.74) is -0.429. The summed E-state index contributed by atoms with van der Waals surface area (Å²) in [6.45, 7) is 4.80. The molecule has 0 bridgehead atoms. The third kappa shape index (κ3) is 2.92. The topological polar surface area (TPSA) is 24.1 Å². The summed E-state index contributed by atoms with van der Waals surface area (Å²) in [6.07, 6.45) is 3.72. The summed E-state index contributed by atoms with van der Waals surface area (Å²) in [6, 6.07) is 0.0277. The molecule has 2 unspecified atom stereocenters. The SMILES string of the molecule is CNC(C)(C)C(F)C1CCCCCN1. The van der Waals surface area contributed by atoms with Crippen LogP contribution in [-0.2, 0) is 0 Å². The maximum atomic E-state index is 14.1. The number of nitrogens with one attached hydrogen (secondary N) is 2. The van der Waals surface area contributed by atoms with Crippen LogP contribution in [0.4, 0.5) is 4.39 Å². The van der Waals surface area contributed by atoms with Gasteiger partial charge in [0.2, 0.25) is 0 Å². The molecule has 84 valence electrons. The van der Waals surface area contributed by atoms with Crippen LogP contribution in [0, 0.1) is 0 Å². The first kappa shape index (κ1) is 11.9. The quantitative estimate of drug-likeness (QED) is 0.730. The fourth-order valence-corrected chi connectivity index (χ4v) is 1.95. The van der Waals surface area contributed by atoms with E-state index in [0.717, 1.165) is 19.4 Å². The molecule has 3 heteroatoms. The minimum absolute atomic E-state index is 0.0277. The van der Waals surface area contributed by atoms with Crippen LogP contribution in [0.25, 0.3) is 0 Å². The van der Waals surface area contributed by atoms with Gasteiger partial charge in [-0.1, -0.05) is 12.8 Å². The van der Waals surface area contributed by atoms with Gasteiger partial charge in [-0.2, -0.15) is 0 Å². The van der Waals surface area contributed by atoms with Crippen molar-refractivity contribution in [2.75, 3.05) is 13.6 Å². The number of hydrogen-bond donors (Lipinski definition) is 2. The van der Waals surface area contributed by atoms with E-state index in [9.17, 15) is 4.39 Å². The first-order valence-electron chi connectivity index (χ1n) is 5.64. The fraction of sp³-hybridized carbons (Fsp3) is 1.00. The zero-order chi connectivity index (χ0) is 10.6. The predicted molar refractivity (Wildman–Crippen MR) is 58.3 cm³/mol. The number of alkyl halides is 1. The molecule has 2 atom stereocenters. The molecular formula is C11H23FN2. The number of rotatable bonds is 3. The van der Waals surface area contributed by atoms with Gasteiger partial charge in [-0.25, -0.2) is 4.39 Å². The summed E-state index contributed by atoms with van der Waals surface area (Å²) in [4.78, 5) is 0. The minimum atomic E-state index is -0.814. The van der Waals surface area contributed by atoms with Gasteiger partial charge in [-0.05, 0) is 40.3 Å². The van der Waals surface area contributed by atoms with E-state index < -0.39 is 11.7 Å². The summed E-state index contributed by atoms with van der Waals surface area (Å²) in [7, 11) is 1.82. The van der Waals surface area contributed by atoms with E-state index in [1.807, 2.05) is 20.9 Å². The molecule has 0 aromatic heterocycles. The van der Waals surface area contributed by atoms with Gasteiger partial charge in [0, 0.05) is 11.6 Å². The Bertz CT molecular complexity index is 163. The molecule has 0 aliphatic carbocycles. The summed E-state index contributed by atoms with van der Waals surface area (Å²) >= 11 is 0. The monoisotopic (exact) mass is 202 g/mol. The second kappa shape index (κ2) is 5.08. The van der Waals surface area contributed by atoms with Crippen molar-refractivity contribution in [2.45, 2.75) is 57.3 Å². The molecule has 0 amide bonds. The van der Waals surface area contributed by atoms with Crippen LogP contribution < -0.4 is 10.6 Å². The summed E-state index contributed by atoms with van der Waals surface area (Å²) in [5.74, 6) is 0. The Kier molecular flexibility index (Phi) is 4.32. The second-order valence-electron chi connectivity index (χ2n) is 4.78. The van der Waals surface area contributed by atoms with E-state index in [1.165, 1.54) is 12.8 Å². The summed E-state index contributed by atoms with van der Waals surface area (Å²) < 4.78 is 14.1. The highest BCUT2D eigenvalue weighted by atomic mass is 19.1. The molecule has 0 spiro atoms. The van der Waals surface area contributed by atoms with Crippen molar-refractivity contribution in [1.29, 1.82) is 0 Å². The Labute approximate surface area is 86.6 Å². The molecule has 1 saturated heterocycles. The van der Waals surface area contributed by atoms with Crippen molar-refractivity contribution in [2.24, 2.45) is 0 Å². The third-order valence-corrected chi connectivity index (χ3v) is 3.29. The first-order valence-corrected chi connectivity index (χ1v) is 5.64. The van der Waals surface area contributed by atoms with Crippen LogP contribution >= 0.6 is 0 Å². The highest BCUT2D eigenvalue weighted by Gasteiger charge is 2.34. The Morgan fingerprint density at radius 2 is 2.07 bits per heavy atom. The number of hydrogen-bond acceptors (Lipinski definition) is 2. The van der Waals surface area contributed by atoms with Crippen LogP contribution in [0.5, 0.6) is 0 Å². The molecule has 0 radical (unpaired) electrons. The van der Waals surface area contributed by atoms with Gasteiger partial charge in [0.15, 0.2) is 0 Å². The highest BCUT2D eigenvalue weighted by molar-refractivity contribution is 4.93. The lowest BCUT2D eigenvalue weighted by molar-refractivity contribution is 0.137. The zero-order valence-corrected chi connectivity index (χ0v) is 9.57. The standard InChI is InChI=1S/C11H23FN2/c1-11(2,13-3)10(12)9-7-5-4-6-8-14-9/h9-10,13-14H,4-8H2,1-3H3. The van der Waals surface area contributed by atoms with Gasteiger partial charge in [-0.15, -0.1) is 0 Å². The van der Waals surface area contributed by atoms with Crippen LogP contribution in [0.1, 0.15) is 39.5 Å². The van der Waals surface area contributed by atoms with Crippen molar-refractivity contribution in [3.05, 3.63) is 0 Å². The van der Waals surface area contributed by atoms with Crippen molar-refractivity contribution in [3.8, 4) is 0 Å². The van der Waals surface area contributed by atoms with Gasteiger partial charge in [0.25, 0.3) is 0 Å². The maximum Gasteiger partial charge on any atom is 0.133 e. The molecule has 1 fully saturated rings. The zero-order valence-electron chi connectivity index (χ0n) is 9.57. The van der Waals surface area contributed by atoms with Crippen molar-refractivity contribution >= 4 is 0 Å². The van der Waals surface area contributed by atoms with Gasteiger partial charge in [0.1, 0.15) is 6.17 Å². The van der Waals surface area contributed by atoms with Crippen LogP contribution in [-0.4, -0.2) is 31.3 Å². The smallest absolute Gasteiger partial charge is 0.133 e. The second-order valence-corrected chi connectivity index (χ2v) is 4.78.